The van der Waals surface area contributed by atoms with E-state index in [9.17, 15) is 4.79 Å². The van der Waals surface area contributed by atoms with Crippen molar-refractivity contribution in [1.82, 2.24) is 0 Å². The molecule has 0 spiro atoms. The molecule has 2 rings (SSSR count). The van der Waals surface area contributed by atoms with Crippen LogP contribution in [0.5, 0.6) is 0 Å². The van der Waals surface area contributed by atoms with Gasteiger partial charge in [0.1, 0.15) is 5.78 Å². The number of benzene rings is 1. The third kappa shape index (κ3) is 3.94. The summed E-state index contributed by atoms with van der Waals surface area (Å²) in [6, 6.07) is 8.64. The van der Waals surface area contributed by atoms with E-state index >= 15 is 0 Å². The summed E-state index contributed by atoms with van der Waals surface area (Å²) in [5, 5.41) is 3.61. The Morgan fingerprint density at radius 3 is 2.89 bits per heavy atom. The van der Waals surface area contributed by atoms with Crippen molar-refractivity contribution in [2.75, 3.05) is 5.32 Å². The predicted octanol–water partition coefficient (Wildman–Crippen LogP) is 4.63. The van der Waals surface area contributed by atoms with E-state index in [2.05, 4.69) is 53.0 Å². The molecule has 104 valence electrons. The standard InChI is InChI=1S/C16H22INO/c1-2-3-7-12-14(10-6-11-16(12)19)18-15-9-5-4-8-13(15)17/h4-5,8-9,12,14,18H,2-3,6-7,10-11H2,1H3. The Labute approximate surface area is 129 Å². The molecule has 3 heteroatoms. The predicted molar refractivity (Wildman–Crippen MR) is 88.4 cm³/mol. The first-order chi connectivity index (χ1) is 9.22. The highest BCUT2D eigenvalue weighted by atomic mass is 127. The number of rotatable bonds is 5. The average Bonchev–Trinajstić information content (AvgIpc) is 2.41. The van der Waals surface area contributed by atoms with Crippen molar-refractivity contribution < 1.29 is 4.79 Å². The molecule has 1 saturated carbocycles. The molecule has 1 fully saturated rings. The van der Waals surface area contributed by atoms with Crippen LogP contribution in [0.2, 0.25) is 0 Å². The normalized spacial score (nSPS) is 23.4. The van der Waals surface area contributed by atoms with Gasteiger partial charge >= 0.3 is 0 Å². The SMILES string of the molecule is CCCCC1C(=O)CCCC1Nc1ccccc1I. The highest BCUT2D eigenvalue weighted by Crippen LogP contribution is 2.29. The largest absolute Gasteiger partial charge is 0.381 e. The summed E-state index contributed by atoms with van der Waals surface area (Å²) in [5.41, 5.74) is 1.17. The Balaban J connectivity index is 2.07. The van der Waals surface area contributed by atoms with E-state index in [0.29, 0.717) is 11.8 Å². The number of anilines is 1. The van der Waals surface area contributed by atoms with Crippen molar-refractivity contribution in [1.29, 1.82) is 0 Å². The number of carbonyl (C=O) groups excluding carboxylic acids is 1. The lowest BCUT2D eigenvalue weighted by molar-refractivity contribution is -0.125. The van der Waals surface area contributed by atoms with Crippen molar-refractivity contribution in [3.63, 3.8) is 0 Å². The first-order valence-corrected chi connectivity index (χ1v) is 8.34. The number of hydrogen-bond acceptors (Lipinski definition) is 2. The Kier molecular flexibility index (Phi) is 5.67. The smallest absolute Gasteiger partial charge is 0.138 e. The van der Waals surface area contributed by atoms with Crippen LogP contribution in [-0.2, 0) is 4.79 Å². The zero-order valence-corrected chi connectivity index (χ0v) is 13.7. The van der Waals surface area contributed by atoms with Crippen LogP contribution in [0.3, 0.4) is 0 Å². The number of unbranched alkanes of at least 4 members (excludes halogenated alkanes) is 1. The Hall–Kier alpha value is -0.580. The topological polar surface area (TPSA) is 29.1 Å². The molecule has 0 aromatic heterocycles. The van der Waals surface area contributed by atoms with Crippen LogP contribution in [0.25, 0.3) is 0 Å². The molecular weight excluding hydrogens is 349 g/mol. The van der Waals surface area contributed by atoms with E-state index in [1.165, 1.54) is 15.7 Å². The number of Topliss-reactive ketones (excluding diaryl/α,β-unsaturated/α-hetero) is 1. The molecule has 1 N–H and O–H groups in total. The maximum Gasteiger partial charge on any atom is 0.138 e. The number of nitrogens with one attached hydrogen (secondary N) is 1. The van der Waals surface area contributed by atoms with Crippen LogP contribution in [0, 0.1) is 9.49 Å². The van der Waals surface area contributed by atoms with Crippen molar-refractivity contribution in [3.8, 4) is 0 Å². The second-order valence-corrected chi connectivity index (χ2v) is 6.50. The molecule has 0 heterocycles. The maximum absolute atomic E-state index is 12.1. The second kappa shape index (κ2) is 7.27. The fraction of sp³-hybridized carbons (Fsp3) is 0.562. The molecule has 0 radical (unpaired) electrons. The minimum absolute atomic E-state index is 0.213. The van der Waals surface area contributed by atoms with Gasteiger partial charge in [-0.25, -0.2) is 0 Å². The first kappa shape index (κ1) is 14.8. The van der Waals surface area contributed by atoms with E-state index in [0.717, 1.165) is 32.1 Å². The summed E-state index contributed by atoms with van der Waals surface area (Å²) in [4.78, 5) is 12.1. The van der Waals surface area contributed by atoms with Gasteiger partial charge in [-0.2, -0.15) is 0 Å². The molecule has 1 aromatic rings. The van der Waals surface area contributed by atoms with Crippen LogP contribution in [-0.4, -0.2) is 11.8 Å². The summed E-state index contributed by atoms with van der Waals surface area (Å²) in [5.74, 6) is 0.674. The number of ketones is 1. The summed E-state index contributed by atoms with van der Waals surface area (Å²) in [7, 11) is 0. The Morgan fingerprint density at radius 1 is 1.37 bits per heavy atom. The Bertz CT molecular complexity index is 433. The molecule has 0 aliphatic heterocycles. The molecule has 0 bridgehead atoms. The van der Waals surface area contributed by atoms with Gasteiger partial charge in [-0.1, -0.05) is 31.9 Å². The van der Waals surface area contributed by atoms with Crippen molar-refractivity contribution in [2.45, 2.75) is 51.5 Å². The van der Waals surface area contributed by atoms with Crippen LogP contribution in [0.1, 0.15) is 45.4 Å². The molecule has 2 atom stereocenters. The van der Waals surface area contributed by atoms with Crippen molar-refractivity contribution >= 4 is 34.1 Å². The van der Waals surface area contributed by atoms with Gasteiger partial charge in [0.2, 0.25) is 0 Å². The Morgan fingerprint density at radius 2 is 2.16 bits per heavy atom. The van der Waals surface area contributed by atoms with Gasteiger partial charge in [0.15, 0.2) is 0 Å². The summed E-state index contributed by atoms with van der Waals surface area (Å²) in [6.45, 7) is 2.19. The molecule has 0 saturated heterocycles. The highest BCUT2D eigenvalue weighted by Gasteiger charge is 2.31. The molecule has 1 aliphatic carbocycles. The molecule has 2 nitrogen and oxygen atoms in total. The maximum atomic E-state index is 12.1. The third-order valence-corrected chi connectivity index (χ3v) is 4.86. The molecular formula is C16H22INO. The zero-order chi connectivity index (χ0) is 13.7. The van der Waals surface area contributed by atoms with Gasteiger partial charge in [-0.05, 0) is 54.0 Å². The lowest BCUT2D eigenvalue weighted by Crippen LogP contribution is -2.38. The van der Waals surface area contributed by atoms with Gasteiger partial charge in [0.05, 0.1) is 0 Å². The highest BCUT2D eigenvalue weighted by molar-refractivity contribution is 14.1. The second-order valence-electron chi connectivity index (χ2n) is 5.34. The van der Waals surface area contributed by atoms with Gasteiger partial charge in [0.25, 0.3) is 0 Å². The van der Waals surface area contributed by atoms with Crippen LogP contribution < -0.4 is 5.32 Å². The van der Waals surface area contributed by atoms with Crippen molar-refractivity contribution in [3.05, 3.63) is 27.8 Å². The van der Waals surface area contributed by atoms with Gasteiger partial charge in [-0.15, -0.1) is 0 Å². The van der Waals surface area contributed by atoms with Crippen molar-refractivity contribution in [2.24, 2.45) is 5.92 Å². The van der Waals surface area contributed by atoms with E-state index in [1.54, 1.807) is 0 Å². The fourth-order valence-corrected chi connectivity index (χ4v) is 3.39. The first-order valence-electron chi connectivity index (χ1n) is 7.26. The molecule has 0 amide bonds. The molecule has 1 aromatic carbocycles. The molecule has 1 aliphatic rings. The van der Waals surface area contributed by atoms with Gasteiger partial charge in [0, 0.05) is 27.6 Å². The van der Waals surface area contributed by atoms with E-state index in [1.807, 2.05) is 6.07 Å². The van der Waals surface area contributed by atoms with Crippen LogP contribution >= 0.6 is 22.6 Å². The number of carbonyl (C=O) groups is 1. The third-order valence-electron chi connectivity index (χ3n) is 3.92. The quantitative estimate of drug-likeness (QED) is 0.765. The summed E-state index contributed by atoms with van der Waals surface area (Å²) >= 11 is 2.35. The fourth-order valence-electron chi connectivity index (χ4n) is 2.84. The number of halogens is 1. The molecule has 19 heavy (non-hydrogen) atoms. The summed E-state index contributed by atoms with van der Waals surface area (Å²) in [6.07, 6.45) is 6.28. The van der Waals surface area contributed by atoms with Crippen LogP contribution in [0.4, 0.5) is 5.69 Å². The molecule has 2 unspecified atom stereocenters. The average molecular weight is 371 g/mol. The van der Waals surface area contributed by atoms with E-state index in [-0.39, 0.29) is 5.92 Å². The van der Waals surface area contributed by atoms with Gasteiger partial charge in [-0.3, -0.25) is 4.79 Å². The number of para-hydroxylation sites is 1. The lowest BCUT2D eigenvalue weighted by atomic mass is 9.80. The number of hydrogen-bond donors (Lipinski definition) is 1. The van der Waals surface area contributed by atoms with E-state index < -0.39 is 0 Å². The zero-order valence-electron chi connectivity index (χ0n) is 11.5. The monoisotopic (exact) mass is 371 g/mol. The van der Waals surface area contributed by atoms with Crippen LogP contribution in [0.15, 0.2) is 24.3 Å². The summed E-state index contributed by atoms with van der Waals surface area (Å²) < 4.78 is 1.23. The van der Waals surface area contributed by atoms with Gasteiger partial charge < -0.3 is 5.32 Å². The van der Waals surface area contributed by atoms with E-state index in [4.69, 9.17) is 0 Å². The minimum atomic E-state index is 0.213. The minimum Gasteiger partial charge on any atom is -0.381 e. The lowest BCUT2D eigenvalue weighted by Gasteiger charge is -2.32.